The number of amides is 2. The number of aromatic nitrogens is 2. The van der Waals surface area contributed by atoms with Gasteiger partial charge in [0.05, 0.1) is 6.54 Å². The number of hydrogen-bond acceptors (Lipinski definition) is 6. The lowest BCUT2D eigenvalue weighted by Crippen LogP contribution is -2.44. The van der Waals surface area contributed by atoms with Gasteiger partial charge >= 0.3 is 0 Å². The molecule has 0 spiro atoms. The van der Waals surface area contributed by atoms with Crippen LogP contribution in [0.1, 0.15) is 32.1 Å². The van der Waals surface area contributed by atoms with Gasteiger partial charge in [0.25, 0.3) is 0 Å². The maximum atomic E-state index is 12.0. The van der Waals surface area contributed by atoms with Gasteiger partial charge in [0.2, 0.25) is 16.9 Å². The first-order valence-corrected chi connectivity index (χ1v) is 9.15. The Balaban J connectivity index is 1.38. The zero-order chi connectivity index (χ0) is 16.1. The summed E-state index contributed by atoms with van der Waals surface area (Å²) in [5.41, 5.74) is 1.60. The number of carbonyl (C=O) groups excluding carboxylic acids is 2. The molecule has 1 N–H and O–H groups in total. The molecule has 0 atom stereocenters. The molecule has 2 aliphatic rings. The first kappa shape index (κ1) is 16.3. The molecule has 3 rings (SSSR count). The Hall–Kier alpha value is -1.54. The molecule has 1 aromatic heterocycles. The van der Waals surface area contributed by atoms with E-state index in [2.05, 4.69) is 20.4 Å². The number of piperidine rings is 2. The van der Waals surface area contributed by atoms with E-state index in [0.717, 1.165) is 51.9 Å². The van der Waals surface area contributed by atoms with Crippen molar-refractivity contribution in [3.05, 3.63) is 5.51 Å². The van der Waals surface area contributed by atoms with E-state index in [9.17, 15) is 9.59 Å². The minimum Gasteiger partial charge on any atom is -0.342 e. The zero-order valence-corrected chi connectivity index (χ0v) is 14.1. The van der Waals surface area contributed by atoms with Crippen LogP contribution in [0.2, 0.25) is 0 Å². The fraction of sp³-hybridized carbons (Fsp3) is 0.733. The van der Waals surface area contributed by atoms with Crippen LogP contribution in [0.25, 0.3) is 0 Å². The second kappa shape index (κ2) is 7.83. The van der Waals surface area contributed by atoms with Crippen LogP contribution in [0.3, 0.4) is 0 Å². The molecule has 7 nitrogen and oxygen atoms in total. The molecular weight excluding hydrogens is 314 g/mol. The molecule has 126 valence electrons. The van der Waals surface area contributed by atoms with Crippen molar-refractivity contribution in [2.75, 3.05) is 38.0 Å². The first-order chi connectivity index (χ1) is 11.2. The van der Waals surface area contributed by atoms with Crippen molar-refractivity contribution in [3.63, 3.8) is 0 Å². The van der Waals surface area contributed by atoms with E-state index in [1.807, 2.05) is 4.90 Å². The summed E-state index contributed by atoms with van der Waals surface area (Å²) in [6.07, 6.45) is 4.99. The van der Waals surface area contributed by atoms with Gasteiger partial charge in [-0.05, 0) is 44.7 Å². The molecule has 0 unspecified atom stereocenters. The third-order valence-corrected chi connectivity index (χ3v) is 5.19. The lowest BCUT2D eigenvalue weighted by molar-refractivity contribution is -0.134. The molecule has 2 amide bonds. The largest absolute Gasteiger partial charge is 0.342 e. The van der Waals surface area contributed by atoms with Gasteiger partial charge in [-0.3, -0.25) is 19.8 Å². The second-order valence-corrected chi connectivity index (χ2v) is 7.14. The van der Waals surface area contributed by atoms with Gasteiger partial charge in [-0.15, -0.1) is 10.2 Å². The molecule has 8 heteroatoms. The van der Waals surface area contributed by atoms with Gasteiger partial charge in [-0.2, -0.15) is 0 Å². The predicted molar refractivity (Wildman–Crippen MR) is 88.1 cm³/mol. The Morgan fingerprint density at radius 2 is 2.13 bits per heavy atom. The van der Waals surface area contributed by atoms with Crippen LogP contribution in [0, 0.1) is 5.92 Å². The summed E-state index contributed by atoms with van der Waals surface area (Å²) in [5, 5.41) is 10.8. The Bertz CT molecular complexity index is 528. The van der Waals surface area contributed by atoms with Crippen molar-refractivity contribution >= 4 is 28.3 Å². The summed E-state index contributed by atoms with van der Waals surface area (Å²) in [6.45, 7) is 4.04. The highest BCUT2D eigenvalue weighted by molar-refractivity contribution is 7.13. The van der Waals surface area contributed by atoms with Crippen LogP contribution in [-0.2, 0) is 9.59 Å². The lowest BCUT2D eigenvalue weighted by atomic mass is 9.95. The summed E-state index contributed by atoms with van der Waals surface area (Å²) in [6, 6.07) is 0. The third kappa shape index (κ3) is 4.71. The minimum absolute atomic E-state index is 0.0357. The topological polar surface area (TPSA) is 78.4 Å². The minimum atomic E-state index is -0.0357. The molecule has 0 radical (unpaired) electrons. The van der Waals surface area contributed by atoms with E-state index in [1.165, 1.54) is 11.3 Å². The number of rotatable bonds is 5. The van der Waals surface area contributed by atoms with E-state index in [1.54, 1.807) is 5.51 Å². The number of hydrogen-bond donors (Lipinski definition) is 1. The van der Waals surface area contributed by atoms with Crippen LogP contribution in [0.15, 0.2) is 5.51 Å². The first-order valence-electron chi connectivity index (χ1n) is 8.27. The zero-order valence-electron chi connectivity index (χ0n) is 13.2. The molecule has 2 saturated heterocycles. The van der Waals surface area contributed by atoms with Gasteiger partial charge < -0.3 is 4.90 Å². The van der Waals surface area contributed by atoms with E-state index < -0.39 is 0 Å². The number of anilines is 1. The highest BCUT2D eigenvalue weighted by Crippen LogP contribution is 2.21. The van der Waals surface area contributed by atoms with Crippen LogP contribution < -0.4 is 5.32 Å². The Kier molecular flexibility index (Phi) is 5.56. The maximum absolute atomic E-state index is 12.0. The lowest BCUT2D eigenvalue weighted by Gasteiger charge is -2.35. The summed E-state index contributed by atoms with van der Waals surface area (Å²) >= 11 is 1.32. The van der Waals surface area contributed by atoms with Crippen molar-refractivity contribution in [1.82, 2.24) is 20.0 Å². The van der Waals surface area contributed by atoms with Crippen LogP contribution in [0.5, 0.6) is 0 Å². The summed E-state index contributed by atoms with van der Waals surface area (Å²) in [5.74, 6) is 0.848. The molecule has 2 aliphatic heterocycles. The van der Waals surface area contributed by atoms with Gasteiger partial charge in [0.15, 0.2) is 0 Å². The molecule has 0 aliphatic carbocycles. The Labute approximate surface area is 140 Å². The van der Waals surface area contributed by atoms with Crippen LogP contribution in [0.4, 0.5) is 5.13 Å². The third-order valence-electron chi connectivity index (χ3n) is 4.58. The number of nitrogens with zero attached hydrogens (tertiary/aromatic N) is 4. The molecule has 0 bridgehead atoms. The van der Waals surface area contributed by atoms with Crippen LogP contribution >= 0.6 is 11.3 Å². The maximum Gasteiger partial charge on any atom is 0.240 e. The fourth-order valence-corrected chi connectivity index (χ4v) is 3.74. The monoisotopic (exact) mass is 337 g/mol. The molecule has 1 aromatic rings. The van der Waals surface area contributed by atoms with Gasteiger partial charge in [0, 0.05) is 19.5 Å². The molecule has 0 aromatic carbocycles. The van der Waals surface area contributed by atoms with E-state index >= 15 is 0 Å². The molecule has 2 fully saturated rings. The van der Waals surface area contributed by atoms with E-state index in [0.29, 0.717) is 29.9 Å². The normalized spacial score (nSPS) is 20.7. The van der Waals surface area contributed by atoms with Crippen molar-refractivity contribution < 1.29 is 9.59 Å². The SMILES string of the molecule is O=C(CN1CCC(CN2CCCCC2=O)CC1)Nc1nncs1. The summed E-state index contributed by atoms with van der Waals surface area (Å²) in [4.78, 5) is 28.0. The molecule has 3 heterocycles. The summed E-state index contributed by atoms with van der Waals surface area (Å²) < 4.78 is 0. The van der Waals surface area contributed by atoms with Gasteiger partial charge in [0.1, 0.15) is 5.51 Å². The number of carbonyl (C=O) groups is 2. The molecule has 23 heavy (non-hydrogen) atoms. The second-order valence-electron chi connectivity index (χ2n) is 6.31. The van der Waals surface area contributed by atoms with Crippen molar-refractivity contribution in [1.29, 1.82) is 0 Å². The highest BCUT2D eigenvalue weighted by atomic mass is 32.1. The Morgan fingerprint density at radius 1 is 1.30 bits per heavy atom. The van der Waals surface area contributed by atoms with Gasteiger partial charge in [-0.1, -0.05) is 11.3 Å². The van der Waals surface area contributed by atoms with Crippen molar-refractivity contribution in [2.45, 2.75) is 32.1 Å². The summed E-state index contributed by atoms with van der Waals surface area (Å²) in [7, 11) is 0. The van der Waals surface area contributed by atoms with Gasteiger partial charge in [-0.25, -0.2) is 0 Å². The fourth-order valence-electron chi connectivity index (χ4n) is 3.28. The molecular formula is C15H23N5O2S. The highest BCUT2D eigenvalue weighted by Gasteiger charge is 2.25. The van der Waals surface area contributed by atoms with Crippen molar-refractivity contribution in [3.8, 4) is 0 Å². The average Bonchev–Trinajstić information content (AvgIpc) is 3.04. The van der Waals surface area contributed by atoms with E-state index in [-0.39, 0.29) is 5.91 Å². The predicted octanol–water partition coefficient (Wildman–Crippen LogP) is 1.20. The standard InChI is InChI=1S/C15H23N5O2S/c21-13(17-15-18-16-11-23-15)10-19-7-4-12(5-8-19)9-20-6-2-1-3-14(20)22/h11-12H,1-10H2,(H,17,18,21). The molecule has 0 saturated carbocycles. The van der Waals surface area contributed by atoms with E-state index in [4.69, 9.17) is 0 Å². The van der Waals surface area contributed by atoms with Crippen molar-refractivity contribution in [2.24, 2.45) is 5.92 Å². The Morgan fingerprint density at radius 3 is 2.83 bits per heavy atom. The van der Waals surface area contributed by atoms with Crippen LogP contribution in [-0.4, -0.2) is 64.5 Å². The number of nitrogens with one attached hydrogen (secondary N) is 1. The quantitative estimate of drug-likeness (QED) is 0.873. The average molecular weight is 337 g/mol. The smallest absolute Gasteiger partial charge is 0.240 e. The number of likely N-dealkylation sites (tertiary alicyclic amines) is 2.